The van der Waals surface area contributed by atoms with E-state index in [2.05, 4.69) is 15.3 Å². The van der Waals surface area contributed by atoms with Crippen LogP contribution in [0.4, 0.5) is 10.5 Å². The van der Waals surface area contributed by atoms with Gasteiger partial charge >= 0.3 is 5.24 Å². The van der Waals surface area contributed by atoms with Gasteiger partial charge in [-0.2, -0.15) is 5.10 Å². The molecule has 2 amide bonds. The lowest BCUT2D eigenvalue weighted by molar-refractivity contribution is -0.116. The molecule has 0 bridgehead atoms. The van der Waals surface area contributed by atoms with E-state index < -0.39 is 0 Å². The number of nitrogens with zero attached hydrogens (tertiary/aromatic N) is 3. The summed E-state index contributed by atoms with van der Waals surface area (Å²) in [6, 6.07) is 13.3. The number of nitrogens with one attached hydrogen (secondary N) is 1. The largest absolute Gasteiger partial charge is 0.493 e. The Labute approximate surface area is 217 Å². The number of carbonyl (C=O) groups excluding carboxylic acids is 2. The normalized spacial score (nSPS) is 16.4. The number of piperidine rings is 1. The minimum absolute atomic E-state index is 0.0242. The quantitative estimate of drug-likeness (QED) is 0.485. The standard InChI is InChI=1S/C27H34N4O4S/c1-3-35-25-17-21(9-12-24(25)34-2)23-19-36-27(33)31(29-23)18-20-7-10-22(11-8-20)28-26(32)13-16-30-14-5-4-6-15-30/h7-12,17H,3-6,13-16,18-19H2,1-2H3,(H,28,32). The van der Waals surface area contributed by atoms with Crippen LogP contribution in [0.25, 0.3) is 0 Å². The topological polar surface area (TPSA) is 83.5 Å². The number of rotatable bonds is 10. The zero-order chi connectivity index (χ0) is 25.3. The van der Waals surface area contributed by atoms with Crippen molar-refractivity contribution in [3.05, 3.63) is 53.6 Å². The van der Waals surface area contributed by atoms with Crippen LogP contribution in [0.5, 0.6) is 11.5 Å². The van der Waals surface area contributed by atoms with Crippen molar-refractivity contribution in [3.63, 3.8) is 0 Å². The van der Waals surface area contributed by atoms with Gasteiger partial charge in [-0.15, -0.1) is 0 Å². The second kappa shape index (κ2) is 12.8. The Hall–Kier alpha value is -3.04. The van der Waals surface area contributed by atoms with Gasteiger partial charge in [-0.3, -0.25) is 9.59 Å². The van der Waals surface area contributed by atoms with Gasteiger partial charge in [-0.25, -0.2) is 5.01 Å². The van der Waals surface area contributed by atoms with Gasteiger partial charge < -0.3 is 19.7 Å². The Morgan fingerprint density at radius 3 is 2.58 bits per heavy atom. The van der Waals surface area contributed by atoms with E-state index in [4.69, 9.17) is 9.47 Å². The van der Waals surface area contributed by atoms with Crippen molar-refractivity contribution in [1.29, 1.82) is 0 Å². The van der Waals surface area contributed by atoms with Crippen LogP contribution in [-0.4, -0.2) is 65.9 Å². The maximum absolute atomic E-state index is 12.5. The summed E-state index contributed by atoms with van der Waals surface area (Å²) in [4.78, 5) is 27.2. The molecule has 2 aromatic carbocycles. The van der Waals surface area contributed by atoms with E-state index in [0.717, 1.165) is 42.2 Å². The molecular weight excluding hydrogens is 476 g/mol. The molecule has 2 heterocycles. The number of hydrogen-bond donors (Lipinski definition) is 1. The minimum Gasteiger partial charge on any atom is -0.493 e. The Bertz CT molecular complexity index is 1080. The van der Waals surface area contributed by atoms with Crippen LogP contribution in [0.15, 0.2) is 47.6 Å². The second-order valence-electron chi connectivity index (χ2n) is 8.85. The van der Waals surface area contributed by atoms with Crippen molar-refractivity contribution in [1.82, 2.24) is 9.91 Å². The summed E-state index contributed by atoms with van der Waals surface area (Å²) in [5.41, 5.74) is 3.39. The molecule has 4 rings (SSSR count). The lowest BCUT2D eigenvalue weighted by atomic mass is 10.1. The van der Waals surface area contributed by atoms with Gasteiger partial charge in [0, 0.05) is 30.0 Å². The summed E-state index contributed by atoms with van der Waals surface area (Å²) in [5, 5.41) is 9.00. The summed E-state index contributed by atoms with van der Waals surface area (Å²) in [5.74, 6) is 1.84. The Morgan fingerprint density at radius 1 is 1.08 bits per heavy atom. The smallest absolute Gasteiger partial charge is 0.302 e. The van der Waals surface area contributed by atoms with Gasteiger partial charge in [0.2, 0.25) is 5.91 Å². The van der Waals surface area contributed by atoms with Crippen LogP contribution in [-0.2, 0) is 11.3 Å². The highest BCUT2D eigenvalue weighted by Gasteiger charge is 2.23. The molecule has 2 aliphatic rings. The average molecular weight is 511 g/mol. The first-order chi connectivity index (χ1) is 17.6. The van der Waals surface area contributed by atoms with E-state index in [0.29, 0.717) is 36.8 Å². The average Bonchev–Trinajstić information content (AvgIpc) is 2.90. The van der Waals surface area contributed by atoms with Gasteiger partial charge in [0.25, 0.3) is 0 Å². The molecule has 0 saturated carbocycles. The lowest BCUT2D eigenvalue weighted by Crippen LogP contribution is -2.32. The highest BCUT2D eigenvalue weighted by molar-refractivity contribution is 8.14. The number of ether oxygens (including phenoxy) is 2. The fourth-order valence-corrected chi connectivity index (χ4v) is 5.06. The summed E-state index contributed by atoms with van der Waals surface area (Å²) < 4.78 is 11.1. The number of carbonyl (C=O) groups is 2. The molecule has 1 fully saturated rings. The van der Waals surface area contributed by atoms with Gasteiger partial charge in [0.05, 0.1) is 26.0 Å². The van der Waals surface area contributed by atoms with Crippen LogP contribution in [0.2, 0.25) is 0 Å². The van der Waals surface area contributed by atoms with Gasteiger partial charge in [0.1, 0.15) is 0 Å². The lowest BCUT2D eigenvalue weighted by Gasteiger charge is -2.26. The van der Waals surface area contributed by atoms with Crippen LogP contribution >= 0.6 is 11.8 Å². The highest BCUT2D eigenvalue weighted by atomic mass is 32.2. The fourth-order valence-electron chi connectivity index (χ4n) is 4.32. The maximum atomic E-state index is 12.5. The molecule has 8 nitrogen and oxygen atoms in total. The molecule has 0 atom stereocenters. The Kier molecular flexibility index (Phi) is 9.24. The molecule has 0 radical (unpaired) electrons. The minimum atomic E-state index is -0.0904. The highest BCUT2D eigenvalue weighted by Crippen LogP contribution is 2.30. The molecule has 1 saturated heterocycles. The molecule has 192 valence electrons. The number of benzene rings is 2. The number of anilines is 1. The predicted octanol–water partition coefficient (Wildman–Crippen LogP) is 4.98. The van der Waals surface area contributed by atoms with Crippen molar-refractivity contribution in [3.8, 4) is 11.5 Å². The number of hydrazone groups is 1. The first-order valence-corrected chi connectivity index (χ1v) is 13.5. The molecule has 0 spiro atoms. The first kappa shape index (κ1) is 26.0. The summed E-state index contributed by atoms with van der Waals surface area (Å²) >= 11 is 1.23. The monoisotopic (exact) mass is 510 g/mol. The number of likely N-dealkylation sites (tertiary alicyclic amines) is 1. The molecule has 2 aliphatic heterocycles. The van der Waals surface area contributed by atoms with E-state index in [-0.39, 0.29) is 11.1 Å². The molecule has 1 N–H and O–H groups in total. The van der Waals surface area contributed by atoms with Crippen molar-refractivity contribution in [2.75, 3.05) is 44.4 Å². The number of methoxy groups -OCH3 is 1. The Balaban J connectivity index is 1.36. The van der Waals surface area contributed by atoms with Crippen LogP contribution < -0.4 is 14.8 Å². The Morgan fingerprint density at radius 2 is 1.86 bits per heavy atom. The molecule has 2 aromatic rings. The number of thioether (sulfide) groups is 1. The third-order valence-corrected chi connectivity index (χ3v) is 7.13. The van der Waals surface area contributed by atoms with E-state index in [1.54, 1.807) is 7.11 Å². The zero-order valence-corrected chi connectivity index (χ0v) is 21.8. The van der Waals surface area contributed by atoms with Crippen molar-refractivity contribution in [2.45, 2.75) is 39.2 Å². The number of amides is 2. The van der Waals surface area contributed by atoms with Crippen molar-refractivity contribution in [2.24, 2.45) is 5.10 Å². The van der Waals surface area contributed by atoms with Gasteiger partial charge in [-0.1, -0.05) is 30.3 Å². The van der Waals surface area contributed by atoms with Crippen LogP contribution in [0.3, 0.4) is 0 Å². The van der Waals surface area contributed by atoms with E-state index in [1.807, 2.05) is 49.4 Å². The summed E-state index contributed by atoms with van der Waals surface area (Å²) in [6.07, 6.45) is 4.23. The SMILES string of the molecule is CCOc1cc(C2=NN(Cc3ccc(NC(=O)CCN4CCCCC4)cc3)C(=O)SC2)ccc1OC. The first-order valence-electron chi connectivity index (χ1n) is 12.5. The predicted molar refractivity (Wildman–Crippen MR) is 144 cm³/mol. The summed E-state index contributed by atoms with van der Waals surface area (Å²) in [6.45, 7) is 5.79. The molecule has 0 unspecified atom stereocenters. The summed E-state index contributed by atoms with van der Waals surface area (Å²) in [7, 11) is 1.61. The molecule has 9 heteroatoms. The molecular formula is C27H34N4O4S. The maximum Gasteiger partial charge on any atom is 0.302 e. The van der Waals surface area contributed by atoms with Gasteiger partial charge in [0.15, 0.2) is 11.5 Å². The number of hydrogen-bond acceptors (Lipinski definition) is 7. The zero-order valence-electron chi connectivity index (χ0n) is 21.0. The second-order valence-corrected chi connectivity index (χ2v) is 9.78. The molecule has 0 aliphatic carbocycles. The van der Waals surface area contributed by atoms with Gasteiger partial charge in [-0.05, 0) is 68.8 Å². The van der Waals surface area contributed by atoms with Crippen molar-refractivity contribution >= 4 is 34.3 Å². The van der Waals surface area contributed by atoms with E-state index in [9.17, 15) is 9.59 Å². The van der Waals surface area contributed by atoms with E-state index >= 15 is 0 Å². The van der Waals surface area contributed by atoms with E-state index in [1.165, 1.54) is 36.0 Å². The molecule has 36 heavy (non-hydrogen) atoms. The molecule has 0 aromatic heterocycles. The third kappa shape index (κ3) is 7.01. The van der Waals surface area contributed by atoms with Crippen LogP contribution in [0, 0.1) is 0 Å². The third-order valence-electron chi connectivity index (χ3n) is 6.26. The van der Waals surface area contributed by atoms with Crippen LogP contribution in [0.1, 0.15) is 43.7 Å². The van der Waals surface area contributed by atoms with Crippen molar-refractivity contribution < 1.29 is 19.1 Å². The fraction of sp³-hybridized carbons (Fsp3) is 0.444.